The molecule has 0 aliphatic heterocycles. The molecule has 4 fully saturated rings. The summed E-state index contributed by atoms with van der Waals surface area (Å²) in [5.74, 6) is 6.24. The van der Waals surface area contributed by atoms with Crippen molar-refractivity contribution in [1.82, 2.24) is 14.9 Å². The molecule has 1 aromatic heterocycles. The molecular formula is C17H27N3. The van der Waals surface area contributed by atoms with Crippen molar-refractivity contribution in [2.45, 2.75) is 44.6 Å². The molecule has 4 aliphatic rings. The molecule has 20 heavy (non-hydrogen) atoms. The fraction of sp³-hybridized carbons (Fsp3) is 0.824. The largest absolute Gasteiger partial charge is 0.338 e. The molecule has 3 heteroatoms. The van der Waals surface area contributed by atoms with Gasteiger partial charge in [-0.3, -0.25) is 0 Å². The first kappa shape index (κ1) is 12.9. The minimum Gasteiger partial charge on any atom is -0.338 e. The Bertz CT molecular complexity index is 450. The minimum atomic E-state index is 0.617. The monoisotopic (exact) mass is 273 g/mol. The van der Waals surface area contributed by atoms with E-state index in [2.05, 4.69) is 35.2 Å². The van der Waals surface area contributed by atoms with Crippen LogP contribution in [0.15, 0.2) is 12.4 Å². The molecule has 0 radical (unpaired) electrons. The Kier molecular flexibility index (Phi) is 3.13. The molecule has 5 rings (SSSR count). The van der Waals surface area contributed by atoms with E-state index in [4.69, 9.17) is 0 Å². The molecule has 4 saturated carbocycles. The van der Waals surface area contributed by atoms with Crippen LogP contribution in [0.3, 0.4) is 0 Å². The zero-order valence-electron chi connectivity index (χ0n) is 12.8. The van der Waals surface area contributed by atoms with Gasteiger partial charge >= 0.3 is 0 Å². The standard InChI is InChI=1S/C17H27N3/c1-18-15(10-16-19-3-4-20(16)2)17-13-6-11-5-12(8-13)9-14(17)7-11/h3-4,11-15,17-18H,5-10H2,1-2H3. The van der Waals surface area contributed by atoms with Crippen LogP contribution in [0.25, 0.3) is 0 Å². The van der Waals surface area contributed by atoms with Gasteiger partial charge in [-0.05, 0) is 68.7 Å². The Morgan fingerprint density at radius 1 is 1.20 bits per heavy atom. The van der Waals surface area contributed by atoms with E-state index in [9.17, 15) is 0 Å². The molecule has 110 valence electrons. The van der Waals surface area contributed by atoms with E-state index in [1.165, 1.54) is 31.5 Å². The zero-order valence-corrected chi connectivity index (χ0v) is 12.8. The highest BCUT2D eigenvalue weighted by molar-refractivity contribution is 5.04. The maximum Gasteiger partial charge on any atom is 0.109 e. The third kappa shape index (κ3) is 2.02. The van der Waals surface area contributed by atoms with Gasteiger partial charge in [0, 0.05) is 31.9 Å². The van der Waals surface area contributed by atoms with E-state index >= 15 is 0 Å². The lowest BCUT2D eigenvalue weighted by Crippen LogP contribution is -2.53. The van der Waals surface area contributed by atoms with Gasteiger partial charge in [-0.25, -0.2) is 4.98 Å². The Morgan fingerprint density at radius 3 is 2.35 bits per heavy atom. The number of aryl methyl sites for hydroxylation is 1. The van der Waals surface area contributed by atoms with E-state index in [0.29, 0.717) is 6.04 Å². The fourth-order valence-corrected chi connectivity index (χ4v) is 5.84. The maximum atomic E-state index is 4.54. The number of rotatable bonds is 4. The summed E-state index contributed by atoms with van der Waals surface area (Å²) in [4.78, 5) is 4.54. The van der Waals surface area contributed by atoms with Crippen LogP contribution in [0.4, 0.5) is 0 Å². The number of likely N-dealkylation sites (N-methyl/N-ethyl adjacent to an activating group) is 1. The van der Waals surface area contributed by atoms with Crippen molar-refractivity contribution >= 4 is 0 Å². The molecular weight excluding hydrogens is 246 g/mol. The highest BCUT2D eigenvalue weighted by Crippen LogP contribution is 2.57. The van der Waals surface area contributed by atoms with Crippen LogP contribution >= 0.6 is 0 Å². The van der Waals surface area contributed by atoms with Crippen molar-refractivity contribution in [1.29, 1.82) is 0 Å². The third-order valence-electron chi connectivity index (χ3n) is 6.46. The number of nitrogens with one attached hydrogen (secondary N) is 1. The Hall–Kier alpha value is -0.830. The Balaban J connectivity index is 1.54. The minimum absolute atomic E-state index is 0.617. The average molecular weight is 273 g/mol. The summed E-state index contributed by atoms with van der Waals surface area (Å²) in [6, 6.07) is 0.617. The summed E-state index contributed by atoms with van der Waals surface area (Å²) in [5, 5.41) is 3.64. The van der Waals surface area contributed by atoms with Gasteiger partial charge in [-0.15, -0.1) is 0 Å². The lowest BCUT2D eigenvalue weighted by atomic mass is 9.50. The van der Waals surface area contributed by atoms with Gasteiger partial charge in [-0.2, -0.15) is 0 Å². The lowest BCUT2D eigenvalue weighted by Gasteiger charge is -2.56. The summed E-state index contributed by atoms with van der Waals surface area (Å²) < 4.78 is 2.18. The predicted molar refractivity (Wildman–Crippen MR) is 80.3 cm³/mol. The van der Waals surface area contributed by atoms with Gasteiger partial charge in [0.25, 0.3) is 0 Å². The number of imidazole rings is 1. The third-order valence-corrected chi connectivity index (χ3v) is 6.46. The topological polar surface area (TPSA) is 29.9 Å². The predicted octanol–water partition coefficient (Wildman–Crippen LogP) is 2.62. The van der Waals surface area contributed by atoms with Crippen LogP contribution in [-0.2, 0) is 13.5 Å². The van der Waals surface area contributed by atoms with Crippen LogP contribution < -0.4 is 5.32 Å². The van der Waals surface area contributed by atoms with Gasteiger partial charge in [0.05, 0.1) is 0 Å². The molecule has 0 amide bonds. The number of aromatic nitrogens is 2. The SMILES string of the molecule is CNC(Cc1nccn1C)C1C2CC3CC(C2)CC1C3. The summed E-state index contributed by atoms with van der Waals surface area (Å²) in [7, 11) is 4.27. The summed E-state index contributed by atoms with van der Waals surface area (Å²) in [6.45, 7) is 0. The van der Waals surface area contributed by atoms with Crippen molar-refractivity contribution in [3.8, 4) is 0 Å². The second-order valence-electron chi connectivity index (χ2n) is 7.56. The van der Waals surface area contributed by atoms with E-state index < -0.39 is 0 Å². The summed E-state index contributed by atoms with van der Waals surface area (Å²) >= 11 is 0. The van der Waals surface area contributed by atoms with Crippen molar-refractivity contribution in [3.63, 3.8) is 0 Å². The molecule has 1 unspecified atom stereocenters. The summed E-state index contributed by atoms with van der Waals surface area (Å²) in [5.41, 5.74) is 0. The first-order valence-corrected chi connectivity index (χ1v) is 8.38. The van der Waals surface area contributed by atoms with Gasteiger partial charge < -0.3 is 9.88 Å². The number of hydrogen-bond donors (Lipinski definition) is 1. The zero-order chi connectivity index (χ0) is 13.7. The first-order valence-electron chi connectivity index (χ1n) is 8.38. The maximum absolute atomic E-state index is 4.54. The Labute approximate surface area is 122 Å². The summed E-state index contributed by atoms with van der Waals surface area (Å²) in [6.07, 6.45) is 12.7. The molecule has 3 nitrogen and oxygen atoms in total. The van der Waals surface area contributed by atoms with Crippen molar-refractivity contribution in [2.75, 3.05) is 7.05 Å². The van der Waals surface area contributed by atoms with E-state index in [1.54, 1.807) is 6.42 Å². The highest BCUT2D eigenvalue weighted by atomic mass is 15.0. The van der Waals surface area contributed by atoms with Gasteiger partial charge in [-0.1, -0.05) is 0 Å². The molecule has 0 spiro atoms. The molecule has 1 heterocycles. The van der Waals surface area contributed by atoms with Crippen LogP contribution in [0.5, 0.6) is 0 Å². The quantitative estimate of drug-likeness (QED) is 0.914. The second kappa shape index (κ2) is 4.87. The second-order valence-corrected chi connectivity index (χ2v) is 7.56. The Morgan fingerprint density at radius 2 is 1.85 bits per heavy atom. The van der Waals surface area contributed by atoms with E-state index in [1.807, 2.05) is 6.20 Å². The molecule has 0 aromatic carbocycles. The van der Waals surface area contributed by atoms with Crippen LogP contribution in [0.2, 0.25) is 0 Å². The van der Waals surface area contributed by atoms with Crippen molar-refractivity contribution in [3.05, 3.63) is 18.2 Å². The first-order chi connectivity index (χ1) is 9.74. The van der Waals surface area contributed by atoms with Gasteiger partial charge in [0.1, 0.15) is 5.82 Å². The average Bonchev–Trinajstić information content (AvgIpc) is 2.81. The van der Waals surface area contributed by atoms with Crippen LogP contribution in [0.1, 0.15) is 37.9 Å². The van der Waals surface area contributed by atoms with Crippen molar-refractivity contribution < 1.29 is 0 Å². The molecule has 1 atom stereocenters. The smallest absolute Gasteiger partial charge is 0.109 e. The molecule has 4 bridgehead atoms. The van der Waals surface area contributed by atoms with E-state index in [0.717, 1.165) is 36.0 Å². The number of hydrogen-bond acceptors (Lipinski definition) is 2. The fourth-order valence-electron chi connectivity index (χ4n) is 5.84. The molecule has 1 aromatic rings. The van der Waals surface area contributed by atoms with Crippen LogP contribution in [-0.4, -0.2) is 22.6 Å². The van der Waals surface area contributed by atoms with Gasteiger partial charge in [0.15, 0.2) is 0 Å². The van der Waals surface area contributed by atoms with E-state index in [-0.39, 0.29) is 0 Å². The van der Waals surface area contributed by atoms with Gasteiger partial charge in [0.2, 0.25) is 0 Å². The molecule has 4 aliphatic carbocycles. The normalized spacial score (nSPS) is 40.2. The van der Waals surface area contributed by atoms with Crippen LogP contribution in [0, 0.1) is 29.6 Å². The molecule has 0 saturated heterocycles. The van der Waals surface area contributed by atoms with Crippen molar-refractivity contribution in [2.24, 2.45) is 36.6 Å². The highest BCUT2D eigenvalue weighted by Gasteiger charge is 2.50. The lowest BCUT2D eigenvalue weighted by molar-refractivity contribution is -0.0510. The molecule has 1 N–H and O–H groups in total. The number of nitrogens with zero attached hydrogens (tertiary/aromatic N) is 2.